The van der Waals surface area contributed by atoms with Crippen molar-refractivity contribution >= 4 is 45.0 Å². The van der Waals surface area contributed by atoms with Crippen molar-refractivity contribution in [1.82, 2.24) is 4.98 Å². The number of benzene rings is 4. The van der Waals surface area contributed by atoms with Gasteiger partial charge in [0.25, 0.3) is 0 Å². The van der Waals surface area contributed by atoms with Crippen LogP contribution in [0, 0.1) is 24.8 Å². The van der Waals surface area contributed by atoms with Crippen LogP contribution in [-0.4, -0.2) is 29.1 Å². The van der Waals surface area contributed by atoms with Crippen molar-refractivity contribution in [3.8, 4) is 33.9 Å². The van der Waals surface area contributed by atoms with E-state index in [1.807, 2.05) is 33.9 Å². The van der Waals surface area contributed by atoms with Gasteiger partial charge in [0.05, 0.1) is 5.76 Å². The number of allylic oxidation sites excluding steroid dienone is 2. The second-order valence-corrected chi connectivity index (χ2v) is 24.3. The first-order valence-electron chi connectivity index (χ1n) is 17.1. The Balaban J connectivity index is 0.000000279. The Hall–Kier alpha value is -3.25. The van der Waals surface area contributed by atoms with E-state index < -0.39 is 13.3 Å². The molecule has 0 saturated heterocycles. The number of nitrogens with zero attached hydrogens (tertiary/aromatic N) is 1. The van der Waals surface area contributed by atoms with Gasteiger partial charge in [0, 0.05) is 38.0 Å². The predicted molar refractivity (Wildman–Crippen MR) is 201 cm³/mol. The minimum Gasteiger partial charge on any atom is 0 e. The van der Waals surface area contributed by atoms with Crippen LogP contribution in [0.25, 0.3) is 43.9 Å². The summed E-state index contributed by atoms with van der Waals surface area (Å²) in [5.41, 5.74) is 5.42. The number of pyridine rings is 1. The number of fused-ring (bicyclic) bond motifs is 3. The van der Waals surface area contributed by atoms with Crippen molar-refractivity contribution in [2.75, 3.05) is 0 Å². The third-order valence-corrected chi connectivity index (χ3v) is 13.9. The number of aliphatic hydroxyl groups excluding tert-OH is 1. The minimum atomic E-state index is -1.83. The van der Waals surface area contributed by atoms with Gasteiger partial charge >= 0.3 is 173 Å². The Morgan fingerprint density at radius 3 is 2.17 bits per heavy atom. The summed E-state index contributed by atoms with van der Waals surface area (Å²) in [6, 6.07) is 27.5. The first-order valence-corrected chi connectivity index (χ1v) is 24.5. The molecule has 1 N–H and O–H groups in total. The van der Waals surface area contributed by atoms with Gasteiger partial charge in [-0.25, -0.2) is 0 Å². The second-order valence-electron chi connectivity index (χ2n) is 13.7. The van der Waals surface area contributed by atoms with Crippen molar-refractivity contribution in [3.63, 3.8) is 0 Å². The van der Waals surface area contributed by atoms with Crippen LogP contribution in [0.15, 0.2) is 84.8 Å². The molecule has 4 aromatic carbocycles. The summed E-state index contributed by atoms with van der Waals surface area (Å²) < 4.78 is 8.09. The number of carbonyl (C=O) groups excluding carboxylic acids is 1. The Kier molecular flexibility index (Phi) is 12.5. The Morgan fingerprint density at radius 2 is 1.54 bits per heavy atom. The Morgan fingerprint density at radius 1 is 0.896 bits per heavy atom. The van der Waals surface area contributed by atoms with E-state index in [1.54, 1.807) is 0 Å². The van der Waals surface area contributed by atoms with E-state index in [-0.39, 0.29) is 43.5 Å². The largest absolute Gasteiger partial charge is 0 e. The third-order valence-electron chi connectivity index (χ3n) is 9.60. The number of aromatic nitrogens is 1. The fourth-order valence-electron chi connectivity index (χ4n) is 6.48. The summed E-state index contributed by atoms with van der Waals surface area (Å²) in [5, 5.41) is 14.2. The van der Waals surface area contributed by atoms with E-state index in [1.165, 1.54) is 27.0 Å². The van der Waals surface area contributed by atoms with Crippen molar-refractivity contribution in [2.45, 2.75) is 77.6 Å². The van der Waals surface area contributed by atoms with Gasteiger partial charge < -0.3 is 5.11 Å². The molecule has 0 atom stereocenters. The molecule has 0 fully saturated rings. The summed E-state index contributed by atoms with van der Waals surface area (Å²) >= 11 is -1.83. The van der Waals surface area contributed by atoms with Crippen LogP contribution in [0.3, 0.4) is 0 Å². The fourth-order valence-corrected chi connectivity index (χ4v) is 8.93. The predicted octanol–water partition coefficient (Wildman–Crippen LogP) is 11.3. The van der Waals surface area contributed by atoms with E-state index in [0.717, 1.165) is 70.2 Å². The van der Waals surface area contributed by atoms with Crippen LogP contribution in [0.1, 0.15) is 58.9 Å². The monoisotopic (exact) mass is 881 g/mol. The molecule has 48 heavy (non-hydrogen) atoms. The molecule has 0 saturated carbocycles. The van der Waals surface area contributed by atoms with E-state index >= 15 is 0 Å². The minimum absolute atomic E-state index is 0. The molecule has 5 aromatic rings. The van der Waals surface area contributed by atoms with Gasteiger partial charge in [-0.1, -0.05) is 39.8 Å². The molecule has 0 amide bonds. The molecule has 2 heterocycles. The molecule has 1 aromatic heterocycles. The topological polar surface area (TPSA) is 59.4 Å². The number of ketones is 1. The van der Waals surface area contributed by atoms with Crippen LogP contribution in [0.5, 0.6) is 11.5 Å². The number of aliphatic hydroxyl groups is 1. The molecule has 1 aliphatic heterocycles. The first kappa shape index (κ1) is 37.6. The average molecular weight is 880 g/mol. The molecular weight excluding hydrogens is 831 g/mol. The molecule has 1 radical (unpaired) electrons. The molecule has 6 rings (SSSR count). The maximum Gasteiger partial charge on any atom is 0 e. The summed E-state index contributed by atoms with van der Waals surface area (Å²) in [6.07, 6.45) is 6.80. The molecular formula is C42H48GeIrNO3-. The Labute approximate surface area is 302 Å². The molecule has 0 bridgehead atoms. The maximum absolute atomic E-state index is 11.7. The average Bonchev–Trinajstić information content (AvgIpc) is 3.06. The van der Waals surface area contributed by atoms with Crippen molar-refractivity contribution in [1.29, 1.82) is 0 Å². The van der Waals surface area contributed by atoms with Crippen LogP contribution in [0.4, 0.5) is 0 Å². The van der Waals surface area contributed by atoms with Crippen molar-refractivity contribution < 1.29 is 34.7 Å². The quantitative estimate of drug-likeness (QED) is 0.0680. The molecule has 1 aliphatic rings. The van der Waals surface area contributed by atoms with Gasteiger partial charge in [0.2, 0.25) is 0 Å². The van der Waals surface area contributed by atoms with E-state index in [4.69, 9.17) is 9.72 Å². The maximum atomic E-state index is 11.7. The number of rotatable bonds is 9. The standard InChI is InChI=1S/C29H24GeNO.C13H24O2.Ir/c1-18-24-8-6-5-7-20(24)16-25-28-27-21(13-14-31-28)15-22(17-26(27)32-29(18)25)19-9-11-23(12-10-19)30(2,3)4;1-5-10(6-2)12(14)9-13(15)11(7-3)8-4;/h5-15,17H,1-4H3;9-11,14H,5-8H2,1-4H3;/q-1;;/b;12-9-;. The van der Waals surface area contributed by atoms with Gasteiger partial charge in [0.15, 0.2) is 5.78 Å². The van der Waals surface area contributed by atoms with Gasteiger partial charge in [-0.3, -0.25) is 4.79 Å². The first-order chi connectivity index (χ1) is 22.5. The second kappa shape index (κ2) is 16.0. The van der Waals surface area contributed by atoms with Gasteiger partial charge in [-0.15, -0.1) is 6.07 Å². The van der Waals surface area contributed by atoms with E-state index in [9.17, 15) is 9.90 Å². The van der Waals surface area contributed by atoms with Gasteiger partial charge in [-0.2, -0.15) is 0 Å². The van der Waals surface area contributed by atoms with Crippen LogP contribution in [0.2, 0.25) is 17.3 Å². The van der Waals surface area contributed by atoms with Gasteiger partial charge in [-0.05, 0) is 25.7 Å². The summed E-state index contributed by atoms with van der Waals surface area (Å²) in [6.45, 7) is 10.2. The zero-order valence-electron chi connectivity index (χ0n) is 29.5. The van der Waals surface area contributed by atoms with Crippen molar-refractivity contribution in [3.05, 3.63) is 96.4 Å². The zero-order chi connectivity index (χ0) is 33.9. The zero-order valence-corrected chi connectivity index (χ0v) is 34.0. The smallest absolute Gasteiger partial charge is 0 e. The number of hydrogen-bond acceptors (Lipinski definition) is 4. The van der Waals surface area contributed by atoms with Crippen LogP contribution in [-0.2, 0) is 24.9 Å². The fraction of sp³-hybridized carbons (Fsp3) is 0.333. The van der Waals surface area contributed by atoms with Crippen LogP contribution < -0.4 is 9.13 Å². The summed E-state index contributed by atoms with van der Waals surface area (Å²) in [5.74, 6) is 9.57. The number of hydrogen-bond donors (Lipinski definition) is 1. The number of aryl methyl sites for hydroxylation is 1. The van der Waals surface area contributed by atoms with Gasteiger partial charge in [0.1, 0.15) is 0 Å². The van der Waals surface area contributed by atoms with Crippen molar-refractivity contribution in [2.24, 2.45) is 11.8 Å². The SMILES string of the molecule is CCC(CC)C(=O)/C=C(\O)C(CC)CC.Cc1c2c([c-]c3ccccc13)-c1nccc3cc(-c4cc[c]([Ge]([CH3])([CH3])[CH3])cc4)cc(c13)O2.[Ir]. The van der Waals surface area contributed by atoms with E-state index in [0.29, 0.717) is 0 Å². The number of carbonyl (C=O) groups is 1. The third kappa shape index (κ3) is 7.80. The molecule has 0 spiro atoms. The molecule has 6 heteroatoms. The number of ether oxygens (including phenoxy) is 1. The molecule has 0 unspecified atom stereocenters. The molecule has 253 valence electrons. The summed E-state index contributed by atoms with van der Waals surface area (Å²) in [4.78, 5) is 16.5. The molecule has 0 aliphatic carbocycles. The van der Waals surface area contributed by atoms with Crippen LogP contribution >= 0.6 is 0 Å². The summed E-state index contributed by atoms with van der Waals surface area (Å²) in [7, 11) is 0. The molecule has 4 nitrogen and oxygen atoms in total. The van der Waals surface area contributed by atoms with E-state index in [2.05, 4.69) is 97.0 Å². The normalized spacial score (nSPS) is 12.3. The Bertz CT molecular complexity index is 1930.